The van der Waals surface area contributed by atoms with Crippen LogP contribution in [0.25, 0.3) is 0 Å². The van der Waals surface area contributed by atoms with Gasteiger partial charge in [-0.3, -0.25) is 0 Å². The van der Waals surface area contributed by atoms with Crippen molar-refractivity contribution < 1.29 is 4.43 Å². The van der Waals surface area contributed by atoms with Gasteiger partial charge in [0.15, 0.2) is 0 Å². The normalized spacial score (nSPS) is 11.8. The van der Waals surface area contributed by atoms with Gasteiger partial charge in [-0.2, -0.15) is 0 Å². The van der Waals surface area contributed by atoms with E-state index in [-0.39, 0.29) is 6.10 Å². The fraction of sp³-hybridized carbons (Fsp3) is 0.250. The topological polar surface area (TPSA) is 9.23 Å². The number of rotatable bonds is 5. The molecule has 0 spiro atoms. The second-order valence-electron chi connectivity index (χ2n) is 4.86. The molecule has 1 nitrogen and oxygen atoms in total. The van der Waals surface area contributed by atoms with E-state index in [0.717, 1.165) is 4.05 Å². The highest BCUT2D eigenvalue weighted by molar-refractivity contribution is 14.1. The van der Waals surface area contributed by atoms with Gasteiger partial charge in [0.05, 0.1) is 0 Å². The van der Waals surface area contributed by atoms with Crippen LogP contribution in [0, 0.1) is 0 Å². The SMILES string of the molecule is CC(C)O[Si](CI)(c1ccccc1)c1ccccc1. The maximum atomic E-state index is 6.49. The Kier molecular flexibility index (Phi) is 5.18. The molecule has 0 aliphatic carbocycles. The van der Waals surface area contributed by atoms with E-state index in [1.54, 1.807) is 0 Å². The number of halogens is 1. The van der Waals surface area contributed by atoms with Crippen LogP contribution < -0.4 is 10.4 Å². The van der Waals surface area contributed by atoms with Crippen molar-refractivity contribution in [1.29, 1.82) is 0 Å². The molecule has 100 valence electrons. The van der Waals surface area contributed by atoms with Gasteiger partial charge in [0.1, 0.15) is 0 Å². The smallest absolute Gasteiger partial charge is 0.265 e. The second-order valence-corrected chi connectivity index (χ2v) is 10.5. The van der Waals surface area contributed by atoms with Gasteiger partial charge < -0.3 is 4.43 Å². The van der Waals surface area contributed by atoms with E-state index in [1.807, 2.05) is 0 Å². The first-order valence-electron chi connectivity index (χ1n) is 6.54. The van der Waals surface area contributed by atoms with Gasteiger partial charge in [0, 0.05) is 10.2 Å². The molecule has 0 bridgehead atoms. The molecule has 0 saturated heterocycles. The van der Waals surface area contributed by atoms with Crippen LogP contribution in [0.2, 0.25) is 0 Å². The largest absolute Gasteiger partial charge is 0.405 e. The van der Waals surface area contributed by atoms with Gasteiger partial charge in [0.2, 0.25) is 0 Å². The average molecular weight is 382 g/mol. The highest BCUT2D eigenvalue weighted by atomic mass is 127. The Labute approximate surface area is 130 Å². The molecule has 0 radical (unpaired) electrons. The highest BCUT2D eigenvalue weighted by Crippen LogP contribution is 2.13. The fourth-order valence-electron chi connectivity index (χ4n) is 2.31. The van der Waals surface area contributed by atoms with Crippen LogP contribution in [0.4, 0.5) is 0 Å². The zero-order valence-corrected chi connectivity index (χ0v) is 14.5. The van der Waals surface area contributed by atoms with Crippen LogP contribution in [0.3, 0.4) is 0 Å². The first-order valence-corrected chi connectivity index (χ1v) is 10.2. The van der Waals surface area contributed by atoms with Crippen LogP contribution in [-0.2, 0) is 4.43 Å². The summed E-state index contributed by atoms with van der Waals surface area (Å²) in [6.07, 6.45) is 0.238. The zero-order chi connectivity index (χ0) is 13.7. The summed E-state index contributed by atoms with van der Waals surface area (Å²) in [5, 5.41) is 2.70. The van der Waals surface area contributed by atoms with E-state index in [9.17, 15) is 0 Å². The summed E-state index contributed by atoms with van der Waals surface area (Å²) in [5.74, 6) is 0. The first kappa shape index (κ1) is 14.7. The Bertz CT molecular complexity index is 459. The lowest BCUT2D eigenvalue weighted by Gasteiger charge is -2.32. The summed E-state index contributed by atoms with van der Waals surface area (Å²) in [5.41, 5.74) is 0. The summed E-state index contributed by atoms with van der Waals surface area (Å²) in [6, 6.07) is 21.4. The van der Waals surface area contributed by atoms with Crippen molar-refractivity contribution in [2.75, 3.05) is 4.05 Å². The molecule has 0 unspecified atom stereocenters. The number of hydrogen-bond donors (Lipinski definition) is 0. The molecular weight excluding hydrogens is 363 g/mol. The molecule has 2 aromatic rings. The molecule has 2 rings (SSSR count). The zero-order valence-electron chi connectivity index (χ0n) is 11.3. The van der Waals surface area contributed by atoms with Crippen LogP contribution in [0.1, 0.15) is 13.8 Å². The average Bonchev–Trinajstić information content (AvgIpc) is 2.46. The predicted molar refractivity (Wildman–Crippen MR) is 93.0 cm³/mol. The minimum Gasteiger partial charge on any atom is -0.405 e. The summed E-state index contributed by atoms with van der Waals surface area (Å²) in [6.45, 7) is 4.25. The van der Waals surface area contributed by atoms with E-state index in [2.05, 4.69) is 97.1 Å². The molecule has 0 aliphatic heterocycles. The van der Waals surface area contributed by atoms with E-state index in [4.69, 9.17) is 4.43 Å². The number of alkyl halides is 1. The van der Waals surface area contributed by atoms with E-state index in [0.29, 0.717) is 0 Å². The molecule has 0 heterocycles. The van der Waals surface area contributed by atoms with Crippen molar-refractivity contribution in [3.63, 3.8) is 0 Å². The monoisotopic (exact) mass is 382 g/mol. The summed E-state index contributed by atoms with van der Waals surface area (Å²) >= 11 is 2.48. The molecule has 3 heteroatoms. The Hall–Kier alpha value is -0.653. The Morgan fingerprint density at radius 2 is 1.32 bits per heavy atom. The number of benzene rings is 2. The third-order valence-corrected chi connectivity index (χ3v) is 10.1. The first-order chi connectivity index (χ1) is 9.19. The molecule has 0 amide bonds. The maximum Gasteiger partial charge on any atom is 0.265 e. The summed E-state index contributed by atoms with van der Waals surface area (Å²) < 4.78 is 7.52. The van der Waals surface area contributed by atoms with Crippen molar-refractivity contribution in [1.82, 2.24) is 0 Å². The van der Waals surface area contributed by atoms with Crippen molar-refractivity contribution in [2.24, 2.45) is 0 Å². The molecule has 2 aromatic carbocycles. The molecule has 0 atom stereocenters. The summed E-state index contributed by atoms with van der Waals surface area (Å²) in [7, 11) is -2.10. The number of hydrogen-bond acceptors (Lipinski definition) is 1. The van der Waals surface area contributed by atoms with Crippen molar-refractivity contribution >= 4 is 41.3 Å². The van der Waals surface area contributed by atoms with Gasteiger partial charge in [-0.15, -0.1) is 0 Å². The minimum atomic E-state index is -2.10. The van der Waals surface area contributed by atoms with E-state index in [1.165, 1.54) is 10.4 Å². The molecule has 0 saturated carbocycles. The minimum absolute atomic E-state index is 0.238. The third kappa shape index (κ3) is 3.27. The molecule has 0 aromatic heterocycles. The molecule has 0 N–H and O–H groups in total. The second kappa shape index (κ2) is 6.68. The van der Waals surface area contributed by atoms with Gasteiger partial charge in [-0.05, 0) is 24.2 Å². The van der Waals surface area contributed by atoms with E-state index < -0.39 is 8.32 Å². The third-order valence-electron chi connectivity index (χ3n) is 3.11. The predicted octanol–water partition coefficient (Wildman–Crippen LogP) is 3.15. The van der Waals surface area contributed by atoms with Crippen molar-refractivity contribution in [3.8, 4) is 0 Å². The lowest BCUT2D eigenvalue weighted by molar-refractivity contribution is 0.242. The van der Waals surface area contributed by atoms with Gasteiger partial charge >= 0.3 is 0 Å². The standard InChI is InChI=1S/C16H19IOSi/c1-14(2)18-19(13-17,15-9-5-3-6-10-15)16-11-7-4-8-12-16/h3-12,14H,13H2,1-2H3. The molecule has 19 heavy (non-hydrogen) atoms. The van der Waals surface area contributed by atoms with Gasteiger partial charge in [0.25, 0.3) is 8.32 Å². The fourth-order valence-corrected chi connectivity index (χ4v) is 8.73. The van der Waals surface area contributed by atoms with E-state index >= 15 is 0 Å². The lowest BCUT2D eigenvalue weighted by atomic mass is 10.4. The lowest BCUT2D eigenvalue weighted by Crippen LogP contribution is -2.63. The highest BCUT2D eigenvalue weighted by Gasteiger charge is 2.39. The quantitative estimate of drug-likeness (QED) is 0.439. The summed E-state index contributed by atoms with van der Waals surface area (Å²) in [4.78, 5) is 0. The Balaban J connectivity index is 2.55. The molecular formula is C16H19IOSi. The van der Waals surface area contributed by atoms with Gasteiger partial charge in [-0.1, -0.05) is 83.3 Å². The molecule has 0 fully saturated rings. The van der Waals surface area contributed by atoms with Crippen molar-refractivity contribution in [2.45, 2.75) is 20.0 Å². The maximum absolute atomic E-state index is 6.49. The van der Waals surface area contributed by atoms with Crippen molar-refractivity contribution in [3.05, 3.63) is 60.7 Å². The van der Waals surface area contributed by atoms with Crippen LogP contribution >= 0.6 is 22.6 Å². The van der Waals surface area contributed by atoms with Gasteiger partial charge in [-0.25, -0.2) is 0 Å². The Morgan fingerprint density at radius 3 is 1.63 bits per heavy atom. The van der Waals surface area contributed by atoms with Crippen LogP contribution in [0.15, 0.2) is 60.7 Å². The van der Waals surface area contributed by atoms with Crippen LogP contribution in [0.5, 0.6) is 0 Å². The van der Waals surface area contributed by atoms with Crippen LogP contribution in [-0.4, -0.2) is 18.5 Å². The Morgan fingerprint density at radius 1 is 0.895 bits per heavy atom. The molecule has 0 aliphatic rings.